The number of hydrogen-bond donors (Lipinski definition) is 2. The van der Waals surface area contributed by atoms with E-state index in [4.69, 9.17) is 23.2 Å². The monoisotopic (exact) mass is 418 g/mol. The first kappa shape index (κ1) is 20.0. The number of phenolic OH excluding ortho intramolecular Hbond substituents is 1. The second-order valence-electron chi connectivity index (χ2n) is 8.54. The average molecular weight is 419 g/mol. The molecule has 0 unspecified atom stereocenters. The quantitative estimate of drug-likeness (QED) is 0.747. The van der Waals surface area contributed by atoms with Crippen LogP contribution in [0.25, 0.3) is 0 Å². The van der Waals surface area contributed by atoms with Gasteiger partial charge in [-0.15, -0.1) is 0 Å². The molecule has 0 radical (unpaired) electrons. The fourth-order valence-corrected chi connectivity index (χ4v) is 5.52. The molecule has 0 saturated carbocycles. The van der Waals surface area contributed by atoms with Crippen LogP contribution < -0.4 is 5.32 Å². The van der Waals surface area contributed by atoms with Crippen LogP contribution in [0.2, 0.25) is 10.0 Å². The fourth-order valence-electron chi connectivity index (χ4n) is 5.20. The predicted molar refractivity (Wildman–Crippen MR) is 117 cm³/mol. The standard InChI is InChI=1S/C23H28Cl2N2O/c1-23-9-3-11-27(2)21(13-16-5-6-17(28)14-18(16)23)22(23)26-10-8-15-4-7-19(24)20(25)12-15/h4-7,12,14,21-22,26,28H,3,8-11,13H2,1-2H3/t21-,22-,23+/m1/s1. The molecule has 2 aromatic rings. The predicted octanol–water partition coefficient (Wildman–Crippen LogP) is 4.81. The van der Waals surface area contributed by atoms with Crippen molar-refractivity contribution in [3.05, 3.63) is 63.1 Å². The van der Waals surface area contributed by atoms with Crippen molar-refractivity contribution in [2.45, 2.75) is 50.1 Å². The highest BCUT2D eigenvalue weighted by molar-refractivity contribution is 6.42. The number of aromatic hydroxyl groups is 1. The molecule has 2 bridgehead atoms. The largest absolute Gasteiger partial charge is 0.508 e. The van der Waals surface area contributed by atoms with Crippen molar-refractivity contribution in [3.63, 3.8) is 0 Å². The molecule has 3 nitrogen and oxygen atoms in total. The van der Waals surface area contributed by atoms with E-state index in [-0.39, 0.29) is 5.41 Å². The number of likely N-dealkylation sites (tertiary alicyclic amines) is 1. The molecule has 2 N–H and O–H groups in total. The van der Waals surface area contributed by atoms with Crippen LogP contribution in [0.3, 0.4) is 0 Å². The van der Waals surface area contributed by atoms with E-state index in [2.05, 4.69) is 30.3 Å². The number of nitrogens with zero attached hydrogens (tertiary/aromatic N) is 1. The number of likely N-dealkylation sites (N-methyl/N-ethyl adjacent to an activating group) is 1. The minimum Gasteiger partial charge on any atom is -0.508 e. The molecule has 4 rings (SSSR count). The van der Waals surface area contributed by atoms with Gasteiger partial charge in [0.05, 0.1) is 10.0 Å². The van der Waals surface area contributed by atoms with Crippen molar-refractivity contribution in [1.29, 1.82) is 0 Å². The van der Waals surface area contributed by atoms with Crippen molar-refractivity contribution in [2.24, 2.45) is 0 Å². The Bertz CT molecular complexity index is 872. The van der Waals surface area contributed by atoms with Gasteiger partial charge in [-0.3, -0.25) is 0 Å². The van der Waals surface area contributed by atoms with E-state index >= 15 is 0 Å². The van der Waals surface area contributed by atoms with Gasteiger partial charge < -0.3 is 15.3 Å². The zero-order valence-electron chi connectivity index (χ0n) is 16.5. The third kappa shape index (κ3) is 3.66. The van der Waals surface area contributed by atoms with Crippen LogP contribution >= 0.6 is 23.2 Å². The Morgan fingerprint density at radius 3 is 2.79 bits per heavy atom. The summed E-state index contributed by atoms with van der Waals surface area (Å²) in [6.07, 6.45) is 4.22. The zero-order chi connectivity index (χ0) is 19.9. The SMILES string of the molecule is CN1CCC[C@@]2(C)c3cc(O)ccc3C[C@@H]1[C@H]2NCCc1ccc(Cl)c(Cl)c1. The third-order valence-electron chi connectivity index (χ3n) is 6.74. The molecule has 0 spiro atoms. The maximum Gasteiger partial charge on any atom is 0.115 e. The first-order valence-corrected chi connectivity index (χ1v) is 10.8. The summed E-state index contributed by atoms with van der Waals surface area (Å²) >= 11 is 12.2. The molecule has 0 amide bonds. The van der Waals surface area contributed by atoms with Crippen LogP contribution in [0.15, 0.2) is 36.4 Å². The maximum atomic E-state index is 10.1. The molecule has 2 aromatic carbocycles. The summed E-state index contributed by atoms with van der Waals surface area (Å²) in [5.74, 6) is 0.366. The van der Waals surface area contributed by atoms with Crippen molar-refractivity contribution in [1.82, 2.24) is 10.2 Å². The van der Waals surface area contributed by atoms with Gasteiger partial charge in [-0.2, -0.15) is 0 Å². The van der Waals surface area contributed by atoms with Gasteiger partial charge in [0.2, 0.25) is 0 Å². The molecule has 1 heterocycles. The lowest BCUT2D eigenvalue weighted by atomic mass is 9.64. The topological polar surface area (TPSA) is 35.5 Å². The number of rotatable bonds is 4. The minimum atomic E-state index is 0.0133. The molecule has 1 aliphatic carbocycles. The van der Waals surface area contributed by atoms with Crippen LogP contribution in [0.1, 0.15) is 36.5 Å². The van der Waals surface area contributed by atoms with Crippen LogP contribution in [0.4, 0.5) is 0 Å². The molecular weight excluding hydrogens is 391 g/mol. The summed E-state index contributed by atoms with van der Waals surface area (Å²) in [6, 6.07) is 12.6. The number of benzene rings is 2. The molecule has 28 heavy (non-hydrogen) atoms. The van der Waals surface area contributed by atoms with E-state index in [0.717, 1.165) is 32.4 Å². The summed E-state index contributed by atoms with van der Waals surface area (Å²) in [6.45, 7) is 4.37. The first-order chi connectivity index (χ1) is 13.4. The lowest BCUT2D eigenvalue weighted by molar-refractivity contribution is 0.157. The molecular formula is C23H28Cl2N2O. The lowest BCUT2D eigenvalue weighted by Gasteiger charge is -2.48. The van der Waals surface area contributed by atoms with Gasteiger partial charge in [-0.25, -0.2) is 0 Å². The molecule has 0 aromatic heterocycles. The number of nitrogens with one attached hydrogen (secondary N) is 1. The highest BCUT2D eigenvalue weighted by Gasteiger charge is 2.47. The minimum absolute atomic E-state index is 0.0133. The van der Waals surface area contributed by atoms with E-state index < -0.39 is 0 Å². The van der Waals surface area contributed by atoms with Gasteiger partial charge in [0.15, 0.2) is 0 Å². The van der Waals surface area contributed by atoms with Crippen LogP contribution in [-0.2, 0) is 18.3 Å². The smallest absolute Gasteiger partial charge is 0.115 e. The molecule has 3 atom stereocenters. The van der Waals surface area contributed by atoms with Crippen molar-refractivity contribution < 1.29 is 5.11 Å². The average Bonchev–Trinajstić information content (AvgIpc) is 2.74. The van der Waals surface area contributed by atoms with Gasteiger partial charge >= 0.3 is 0 Å². The summed E-state index contributed by atoms with van der Waals surface area (Å²) in [4.78, 5) is 2.51. The summed E-state index contributed by atoms with van der Waals surface area (Å²) in [5, 5.41) is 15.2. The maximum absolute atomic E-state index is 10.1. The van der Waals surface area contributed by atoms with Crippen LogP contribution in [0, 0.1) is 0 Å². The molecule has 1 saturated heterocycles. The highest BCUT2D eigenvalue weighted by atomic mass is 35.5. The van der Waals surface area contributed by atoms with Crippen LogP contribution in [0.5, 0.6) is 5.75 Å². The van der Waals surface area contributed by atoms with E-state index in [1.54, 1.807) is 0 Å². The summed E-state index contributed by atoms with van der Waals surface area (Å²) in [7, 11) is 2.25. The molecule has 1 aliphatic heterocycles. The van der Waals surface area contributed by atoms with Crippen molar-refractivity contribution >= 4 is 23.2 Å². The molecule has 1 fully saturated rings. The van der Waals surface area contributed by atoms with Crippen LogP contribution in [-0.4, -0.2) is 42.2 Å². The third-order valence-corrected chi connectivity index (χ3v) is 7.48. The Morgan fingerprint density at radius 2 is 2.00 bits per heavy atom. The van der Waals surface area contributed by atoms with Gasteiger partial charge in [-0.1, -0.05) is 42.3 Å². The van der Waals surface area contributed by atoms with Crippen molar-refractivity contribution in [2.75, 3.05) is 20.1 Å². The summed E-state index contributed by atoms with van der Waals surface area (Å²) < 4.78 is 0. The van der Waals surface area contributed by atoms with Gasteiger partial charge in [0, 0.05) is 17.5 Å². The van der Waals surface area contributed by atoms with Gasteiger partial charge in [-0.05, 0) is 86.8 Å². The number of fused-ring (bicyclic) bond motifs is 4. The van der Waals surface area contributed by atoms with E-state index in [0.29, 0.717) is 27.9 Å². The first-order valence-electron chi connectivity index (χ1n) is 10.1. The molecule has 5 heteroatoms. The Labute approximate surface area is 177 Å². The van der Waals surface area contributed by atoms with Gasteiger partial charge in [0.25, 0.3) is 0 Å². The normalized spacial score (nSPS) is 27.3. The van der Waals surface area contributed by atoms with Crippen molar-refractivity contribution in [3.8, 4) is 5.75 Å². The van der Waals surface area contributed by atoms with E-state index in [9.17, 15) is 5.11 Å². The molecule has 2 aliphatic rings. The van der Waals surface area contributed by atoms with Gasteiger partial charge in [0.1, 0.15) is 5.75 Å². The Kier molecular flexibility index (Phi) is 5.63. The highest BCUT2D eigenvalue weighted by Crippen LogP contribution is 2.45. The second-order valence-corrected chi connectivity index (χ2v) is 9.36. The second kappa shape index (κ2) is 7.87. The molecule has 150 valence electrons. The van der Waals surface area contributed by atoms with E-state index in [1.165, 1.54) is 23.1 Å². The number of halogens is 2. The Balaban J connectivity index is 1.58. The zero-order valence-corrected chi connectivity index (χ0v) is 18.0. The summed E-state index contributed by atoms with van der Waals surface area (Å²) in [5.41, 5.74) is 3.89. The lowest BCUT2D eigenvalue weighted by Crippen LogP contribution is -2.60. The number of phenols is 1. The Morgan fingerprint density at radius 1 is 1.18 bits per heavy atom. The van der Waals surface area contributed by atoms with E-state index in [1.807, 2.05) is 30.3 Å². The Hall–Kier alpha value is -1.26. The number of hydrogen-bond acceptors (Lipinski definition) is 3. The fraction of sp³-hybridized carbons (Fsp3) is 0.478.